The third-order valence-corrected chi connectivity index (χ3v) is 10.7. The van der Waals surface area contributed by atoms with Crippen molar-refractivity contribution in [2.24, 2.45) is 10.8 Å². The molecule has 1 saturated heterocycles. The van der Waals surface area contributed by atoms with Gasteiger partial charge in [-0.25, -0.2) is 14.6 Å². The zero-order valence-corrected chi connectivity index (χ0v) is 35.7. The van der Waals surface area contributed by atoms with Gasteiger partial charge in [0.25, 0.3) is 0 Å². The average Bonchev–Trinajstić information content (AvgIpc) is 3.54. The second-order valence-corrected chi connectivity index (χ2v) is 17.7. The average molecular weight is 821 g/mol. The largest absolute Gasteiger partial charge is 0.481 e. The molecule has 5 amide bonds. The Kier molecular flexibility index (Phi) is 14.9. The van der Waals surface area contributed by atoms with Gasteiger partial charge in [-0.05, 0) is 52.8 Å². The molecule has 60 heavy (non-hydrogen) atoms. The quantitative estimate of drug-likeness (QED) is 0.0826. The van der Waals surface area contributed by atoms with Crippen LogP contribution in [0.1, 0.15) is 64.7 Å². The van der Waals surface area contributed by atoms with Gasteiger partial charge in [0.1, 0.15) is 12.1 Å². The fourth-order valence-electron chi connectivity index (χ4n) is 7.72. The van der Waals surface area contributed by atoms with Gasteiger partial charge in [-0.1, -0.05) is 133 Å². The van der Waals surface area contributed by atoms with Crippen LogP contribution in [-0.2, 0) is 29.0 Å². The van der Waals surface area contributed by atoms with Crippen molar-refractivity contribution in [2.45, 2.75) is 97.6 Å². The van der Waals surface area contributed by atoms with Crippen molar-refractivity contribution < 1.29 is 34.1 Å². The second kappa shape index (κ2) is 19.9. The Bertz CT molecular complexity index is 2050. The van der Waals surface area contributed by atoms with Crippen LogP contribution in [0.15, 0.2) is 103 Å². The molecule has 0 unspecified atom stereocenters. The van der Waals surface area contributed by atoms with E-state index in [1.165, 1.54) is 0 Å². The number of aromatic nitrogens is 1. The van der Waals surface area contributed by atoms with Gasteiger partial charge in [-0.3, -0.25) is 9.59 Å². The SMILES string of the molecule is COc1cccc(-c2ccc(C[C@H](NC(=O)[C@@H](NC(=O)O)C(C)(C)C)[C@H](O)C[C@H](Cc3ccccc3)NC(=O)[C@@H](N3CCN(Cc4ccccc4)C3=O)C(C)(C)C)cc2)n1. The number of pyridine rings is 1. The minimum Gasteiger partial charge on any atom is -0.481 e. The Balaban J connectivity index is 1.42. The topological polar surface area (TPSA) is 173 Å². The summed E-state index contributed by atoms with van der Waals surface area (Å²) >= 11 is 0. The third kappa shape index (κ3) is 12.3. The first kappa shape index (κ1) is 45.1. The Morgan fingerprint density at radius 1 is 0.733 bits per heavy atom. The number of ether oxygens (including phenoxy) is 1. The van der Waals surface area contributed by atoms with Gasteiger partial charge in [-0.15, -0.1) is 0 Å². The first-order valence-electron chi connectivity index (χ1n) is 20.4. The van der Waals surface area contributed by atoms with Crippen LogP contribution < -0.4 is 20.7 Å². The number of nitrogens with one attached hydrogen (secondary N) is 3. The Hall–Kier alpha value is -5.95. The third-order valence-electron chi connectivity index (χ3n) is 10.7. The van der Waals surface area contributed by atoms with Gasteiger partial charge in [-0.2, -0.15) is 0 Å². The number of rotatable bonds is 17. The van der Waals surface area contributed by atoms with Crippen LogP contribution >= 0.6 is 0 Å². The van der Waals surface area contributed by atoms with Crippen LogP contribution in [0.3, 0.4) is 0 Å². The molecule has 13 heteroatoms. The van der Waals surface area contributed by atoms with Crippen LogP contribution in [0.5, 0.6) is 5.88 Å². The molecular weight excluding hydrogens is 761 g/mol. The number of aliphatic hydroxyl groups is 1. The molecule has 1 aliphatic heterocycles. The highest BCUT2D eigenvalue weighted by Gasteiger charge is 2.44. The van der Waals surface area contributed by atoms with E-state index in [-0.39, 0.29) is 24.8 Å². The van der Waals surface area contributed by atoms with Crippen molar-refractivity contribution in [1.29, 1.82) is 0 Å². The van der Waals surface area contributed by atoms with E-state index >= 15 is 0 Å². The van der Waals surface area contributed by atoms with Gasteiger partial charge in [0, 0.05) is 37.3 Å². The monoisotopic (exact) mass is 820 g/mol. The van der Waals surface area contributed by atoms with Crippen LogP contribution in [0.25, 0.3) is 11.3 Å². The highest BCUT2D eigenvalue weighted by molar-refractivity contribution is 5.89. The zero-order valence-electron chi connectivity index (χ0n) is 35.7. The van der Waals surface area contributed by atoms with Crippen LogP contribution in [0.4, 0.5) is 9.59 Å². The summed E-state index contributed by atoms with van der Waals surface area (Å²) in [4.78, 5) is 62.1. The lowest BCUT2D eigenvalue weighted by Crippen LogP contribution is -2.59. The highest BCUT2D eigenvalue weighted by atomic mass is 16.5. The second-order valence-electron chi connectivity index (χ2n) is 17.7. The molecular formula is C47H60N6O7. The maximum Gasteiger partial charge on any atom is 0.405 e. The lowest BCUT2D eigenvalue weighted by Gasteiger charge is -2.38. The molecule has 0 bridgehead atoms. The smallest absolute Gasteiger partial charge is 0.405 e. The predicted molar refractivity (Wildman–Crippen MR) is 231 cm³/mol. The van der Waals surface area contributed by atoms with E-state index in [2.05, 4.69) is 20.9 Å². The molecule has 0 aliphatic carbocycles. The molecule has 1 fully saturated rings. The van der Waals surface area contributed by atoms with Gasteiger partial charge >= 0.3 is 12.1 Å². The normalized spacial score (nSPS) is 15.7. The Morgan fingerprint density at radius 2 is 1.35 bits per heavy atom. The molecule has 0 saturated carbocycles. The molecule has 0 radical (unpaired) electrons. The van der Waals surface area contributed by atoms with E-state index in [0.29, 0.717) is 37.6 Å². The predicted octanol–water partition coefficient (Wildman–Crippen LogP) is 6.30. The molecule has 1 aromatic heterocycles. The number of benzene rings is 3. The summed E-state index contributed by atoms with van der Waals surface area (Å²) in [5.41, 5.74) is 2.85. The molecule has 320 valence electrons. The minimum atomic E-state index is -1.34. The van der Waals surface area contributed by atoms with Gasteiger partial charge in [0.2, 0.25) is 17.7 Å². The van der Waals surface area contributed by atoms with E-state index < -0.39 is 53.1 Å². The number of hydrogen-bond acceptors (Lipinski definition) is 7. The van der Waals surface area contributed by atoms with E-state index in [0.717, 1.165) is 22.3 Å². The van der Waals surface area contributed by atoms with Crippen LogP contribution in [-0.4, -0.2) is 99.4 Å². The maximum absolute atomic E-state index is 14.5. The summed E-state index contributed by atoms with van der Waals surface area (Å²) in [6.07, 6.45) is -1.95. The van der Waals surface area contributed by atoms with Crippen molar-refractivity contribution in [1.82, 2.24) is 30.7 Å². The number of amides is 5. The number of urea groups is 1. The molecule has 13 nitrogen and oxygen atoms in total. The van der Waals surface area contributed by atoms with Gasteiger partial charge in [0.15, 0.2) is 0 Å². The molecule has 1 aliphatic rings. The van der Waals surface area contributed by atoms with Crippen LogP contribution in [0.2, 0.25) is 0 Å². The number of aliphatic hydroxyl groups excluding tert-OH is 1. The summed E-state index contributed by atoms with van der Waals surface area (Å²) in [5.74, 6) is -0.449. The first-order valence-corrected chi connectivity index (χ1v) is 20.4. The molecule has 0 spiro atoms. The molecule has 5 rings (SSSR count). The summed E-state index contributed by atoms with van der Waals surface area (Å²) in [6, 6.07) is 28.8. The van der Waals surface area contributed by atoms with E-state index in [4.69, 9.17) is 4.74 Å². The molecule has 4 aromatic rings. The summed E-state index contributed by atoms with van der Waals surface area (Å²) < 4.78 is 5.29. The number of carboxylic acid groups (broad SMARTS) is 1. The van der Waals surface area contributed by atoms with Crippen molar-refractivity contribution in [3.8, 4) is 17.1 Å². The van der Waals surface area contributed by atoms with E-state index in [1.807, 2.05) is 118 Å². The van der Waals surface area contributed by atoms with Crippen molar-refractivity contribution >= 4 is 23.9 Å². The Labute approximate surface area is 353 Å². The standard InChI is InChI=1S/C47H60N6O7/c1-46(2,3)40(51-44(57)58)42(55)50-37(28-32-21-23-34(24-22-32)36-19-14-20-39(49-36)60-7)38(54)29-35(27-31-15-10-8-11-16-31)48-43(56)41(47(4,5)6)53-26-25-52(45(53)59)30-33-17-12-9-13-18-33/h8-24,35,37-38,40-41,51,54H,25-30H2,1-7H3,(H,48,56)(H,50,55)(H,57,58)/t35-,37-,38+,40+,41+/m0/s1. The molecule has 3 aromatic carbocycles. The number of hydrogen-bond donors (Lipinski definition) is 5. The van der Waals surface area contributed by atoms with Crippen molar-refractivity contribution in [2.75, 3.05) is 20.2 Å². The highest BCUT2D eigenvalue weighted by Crippen LogP contribution is 2.30. The lowest BCUT2D eigenvalue weighted by molar-refractivity contribution is -0.130. The fraction of sp³-hybridized carbons (Fsp3) is 0.426. The number of carbonyl (C=O) groups is 4. The van der Waals surface area contributed by atoms with Crippen LogP contribution in [0, 0.1) is 10.8 Å². The summed E-state index contributed by atoms with van der Waals surface area (Å²) in [6.45, 7) is 12.4. The van der Waals surface area contributed by atoms with Crippen molar-refractivity contribution in [3.63, 3.8) is 0 Å². The molecule has 5 N–H and O–H groups in total. The zero-order chi connectivity index (χ0) is 43.6. The number of methoxy groups -OCH3 is 1. The maximum atomic E-state index is 14.5. The summed E-state index contributed by atoms with van der Waals surface area (Å²) in [5, 5.41) is 30.3. The number of nitrogens with zero attached hydrogens (tertiary/aromatic N) is 3. The fourth-order valence-corrected chi connectivity index (χ4v) is 7.72. The van der Waals surface area contributed by atoms with E-state index in [9.17, 15) is 29.4 Å². The van der Waals surface area contributed by atoms with Gasteiger partial charge in [0.05, 0.1) is 24.9 Å². The number of carbonyl (C=O) groups excluding carboxylic acids is 3. The first-order chi connectivity index (χ1) is 28.4. The van der Waals surface area contributed by atoms with Crippen molar-refractivity contribution in [3.05, 3.63) is 120 Å². The summed E-state index contributed by atoms with van der Waals surface area (Å²) in [7, 11) is 1.55. The minimum absolute atomic E-state index is 0.0366. The molecule has 2 heterocycles. The van der Waals surface area contributed by atoms with E-state index in [1.54, 1.807) is 43.7 Å². The Morgan fingerprint density at radius 3 is 1.93 bits per heavy atom. The molecule has 5 atom stereocenters. The lowest BCUT2D eigenvalue weighted by atomic mass is 9.84. The van der Waals surface area contributed by atoms with Gasteiger partial charge < -0.3 is 40.7 Å².